The lowest BCUT2D eigenvalue weighted by Crippen LogP contribution is -2.49. The molecule has 1 N–H and O–H groups in total. The Hall–Kier alpha value is -2.90. The number of aromatic nitrogens is 3. The first kappa shape index (κ1) is 19.4. The zero-order valence-electron chi connectivity index (χ0n) is 16.7. The van der Waals surface area contributed by atoms with Crippen LogP contribution in [0.25, 0.3) is 0 Å². The van der Waals surface area contributed by atoms with Crippen LogP contribution in [-0.2, 0) is 17.9 Å². The zero-order chi connectivity index (χ0) is 20.1. The molecule has 8 nitrogen and oxygen atoms in total. The SMILES string of the molecule is O=C(NCc1ccccc1Cn1cncn1)C1CCCN(C(=O)N2CCCC2)C1. The summed E-state index contributed by atoms with van der Waals surface area (Å²) in [5.41, 5.74) is 2.17. The standard InChI is InChI=1S/C21H28N6O2/c28-20(19-8-5-11-26(13-19)21(29)25-9-3-4-10-25)23-12-17-6-1-2-7-18(17)14-27-16-22-15-24-27/h1-2,6-7,15-16,19H,3-5,8-14H2,(H,23,28). The molecule has 0 bridgehead atoms. The molecule has 2 saturated heterocycles. The van der Waals surface area contributed by atoms with E-state index in [2.05, 4.69) is 15.4 Å². The van der Waals surface area contributed by atoms with E-state index < -0.39 is 0 Å². The molecule has 2 aromatic rings. The molecule has 4 rings (SSSR count). The molecule has 0 saturated carbocycles. The molecule has 3 amide bonds. The summed E-state index contributed by atoms with van der Waals surface area (Å²) in [7, 11) is 0. The van der Waals surface area contributed by atoms with Crippen molar-refractivity contribution in [3.05, 3.63) is 48.0 Å². The summed E-state index contributed by atoms with van der Waals surface area (Å²) in [6.45, 7) is 4.04. The first-order valence-corrected chi connectivity index (χ1v) is 10.4. The lowest BCUT2D eigenvalue weighted by molar-refractivity contribution is -0.126. The fourth-order valence-electron chi connectivity index (χ4n) is 4.17. The quantitative estimate of drug-likeness (QED) is 0.836. The van der Waals surface area contributed by atoms with Gasteiger partial charge in [-0.3, -0.25) is 4.79 Å². The van der Waals surface area contributed by atoms with Crippen LogP contribution in [0.4, 0.5) is 4.79 Å². The van der Waals surface area contributed by atoms with Crippen molar-refractivity contribution < 1.29 is 9.59 Å². The highest BCUT2D eigenvalue weighted by atomic mass is 16.2. The van der Waals surface area contributed by atoms with E-state index in [1.807, 2.05) is 34.1 Å². The average Bonchev–Trinajstić information content (AvgIpc) is 3.47. The summed E-state index contributed by atoms with van der Waals surface area (Å²) >= 11 is 0. The van der Waals surface area contributed by atoms with Crippen LogP contribution >= 0.6 is 0 Å². The van der Waals surface area contributed by atoms with E-state index in [9.17, 15) is 9.59 Å². The molecular weight excluding hydrogens is 368 g/mol. The van der Waals surface area contributed by atoms with Crippen molar-refractivity contribution in [2.24, 2.45) is 5.92 Å². The van der Waals surface area contributed by atoms with E-state index in [-0.39, 0.29) is 17.9 Å². The van der Waals surface area contributed by atoms with E-state index in [0.717, 1.165) is 56.4 Å². The molecule has 0 radical (unpaired) electrons. The summed E-state index contributed by atoms with van der Waals surface area (Å²) in [5, 5.41) is 7.24. The van der Waals surface area contributed by atoms with Crippen LogP contribution in [0.2, 0.25) is 0 Å². The number of amides is 3. The Morgan fingerprint density at radius 1 is 1.03 bits per heavy atom. The molecule has 154 valence electrons. The number of rotatable bonds is 5. The summed E-state index contributed by atoms with van der Waals surface area (Å²) in [6, 6.07) is 8.12. The maximum absolute atomic E-state index is 12.8. The van der Waals surface area contributed by atoms with Gasteiger partial charge in [-0.2, -0.15) is 5.10 Å². The van der Waals surface area contributed by atoms with Crippen molar-refractivity contribution in [1.82, 2.24) is 29.9 Å². The minimum atomic E-state index is -0.141. The van der Waals surface area contributed by atoms with Crippen molar-refractivity contribution in [3.63, 3.8) is 0 Å². The molecule has 0 spiro atoms. The number of benzene rings is 1. The monoisotopic (exact) mass is 396 g/mol. The Morgan fingerprint density at radius 3 is 2.55 bits per heavy atom. The van der Waals surface area contributed by atoms with Gasteiger partial charge < -0.3 is 15.1 Å². The Bertz CT molecular complexity index is 831. The van der Waals surface area contributed by atoms with Gasteiger partial charge in [0, 0.05) is 32.7 Å². The summed E-state index contributed by atoms with van der Waals surface area (Å²) in [5.74, 6) is -0.114. The van der Waals surface area contributed by atoms with Crippen molar-refractivity contribution in [2.45, 2.75) is 38.8 Å². The van der Waals surface area contributed by atoms with E-state index in [1.54, 1.807) is 11.0 Å². The Labute approximate surface area is 170 Å². The molecule has 1 unspecified atom stereocenters. The molecule has 29 heavy (non-hydrogen) atoms. The van der Waals surface area contributed by atoms with E-state index >= 15 is 0 Å². The highest BCUT2D eigenvalue weighted by Crippen LogP contribution is 2.20. The van der Waals surface area contributed by atoms with E-state index in [1.165, 1.54) is 6.33 Å². The zero-order valence-corrected chi connectivity index (χ0v) is 16.7. The summed E-state index contributed by atoms with van der Waals surface area (Å²) < 4.78 is 1.77. The number of hydrogen-bond donors (Lipinski definition) is 1. The Morgan fingerprint density at radius 2 is 1.79 bits per heavy atom. The number of urea groups is 1. The molecule has 1 aromatic carbocycles. The molecule has 1 atom stereocenters. The third-order valence-electron chi connectivity index (χ3n) is 5.81. The largest absolute Gasteiger partial charge is 0.352 e. The van der Waals surface area contributed by atoms with Crippen LogP contribution in [0.1, 0.15) is 36.8 Å². The highest BCUT2D eigenvalue weighted by Gasteiger charge is 2.31. The van der Waals surface area contributed by atoms with Gasteiger partial charge in [0.2, 0.25) is 5.91 Å². The first-order valence-electron chi connectivity index (χ1n) is 10.4. The number of piperidine rings is 1. The predicted molar refractivity (Wildman–Crippen MR) is 108 cm³/mol. The van der Waals surface area contributed by atoms with Crippen LogP contribution in [0.5, 0.6) is 0 Å². The van der Waals surface area contributed by atoms with Gasteiger partial charge >= 0.3 is 6.03 Å². The van der Waals surface area contributed by atoms with Gasteiger partial charge in [-0.25, -0.2) is 14.5 Å². The third kappa shape index (κ3) is 4.75. The minimum Gasteiger partial charge on any atom is -0.352 e. The first-order chi connectivity index (χ1) is 14.2. The molecule has 8 heteroatoms. The van der Waals surface area contributed by atoms with Gasteiger partial charge in [0.1, 0.15) is 12.7 Å². The fourth-order valence-corrected chi connectivity index (χ4v) is 4.17. The molecule has 3 heterocycles. The molecule has 1 aromatic heterocycles. The van der Waals surface area contributed by atoms with Crippen LogP contribution < -0.4 is 5.32 Å². The van der Waals surface area contributed by atoms with Gasteiger partial charge in [-0.1, -0.05) is 24.3 Å². The molecular formula is C21H28N6O2. The lowest BCUT2D eigenvalue weighted by atomic mass is 9.97. The third-order valence-corrected chi connectivity index (χ3v) is 5.81. The predicted octanol–water partition coefficient (Wildman–Crippen LogP) is 1.87. The van der Waals surface area contributed by atoms with Crippen molar-refractivity contribution >= 4 is 11.9 Å². The Kier molecular flexibility index (Phi) is 6.07. The molecule has 2 fully saturated rings. The van der Waals surface area contributed by atoms with Crippen LogP contribution in [-0.4, -0.2) is 62.7 Å². The summed E-state index contributed by atoms with van der Waals surface area (Å²) in [6.07, 6.45) is 7.07. The van der Waals surface area contributed by atoms with Crippen LogP contribution in [0.3, 0.4) is 0 Å². The average molecular weight is 396 g/mol. The van der Waals surface area contributed by atoms with Gasteiger partial charge in [0.25, 0.3) is 0 Å². The fraction of sp³-hybridized carbons (Fsp3) is 0.524. The number of nitrogens with one attached hydrogen (secondary N) is 1. The summed E-state index contributed by atoms with van der Waals surface area (Å²) in [4.78, 5) is 33.2. The van der Waals surface area contributed by atoms with Gasteiger partial charge in [0.15, 0.2) is 0 Å². The molecule has 2 aliphatic rings. The van der Waals surface area contributed by atoms with Crippen molar-refractivity contribution in [3.8, 4) is 0 Å². The van der Waals surface area contributed by atoms with Crippen molar-refractivity contribution in [1.29, 1.82) is 0 Å². The number of nitrogens with zero attached hydrogens (tertiary/aromatic N) is 5. The maximum atomic E-state index is 12.8. The van der Waals surface area contributed by atoms with Crippen molar-refractivity contribution in [2.75, 3.05) is 26.2 Å². The normalized spacial score (nSPS) is 19.4. The maximum Gasteiger partial charge on any atom is 0.320 e. The van der Waals surface area contributed by atoms with E-state index in [0.29, 0.717) is 19.6 Å². The topological polar surface area (TPSA) is 83.4 Å². The second kappa shape index (κ2) is 9.07. The minimum absolute atomic E-state index is 0.0273. The van der Waals surface area contributed by atoms with Gasteiger partial charge in [-0.05, 0) is 36.8 Å². The van der Waals surface area contributed by atoms with E-state index in [4.69, 9.17) is 0 Å². The lowest BCUT2D eigenvalue weighted by Gasteiger charge is -2.34. The van der Waals surface area contributed by atoms with Crippen LogP contribution in [0.15, 0.2) is 36.9 Å². The second-order valence-corrected chi connectivity index (χ2v) is 7.84. The smallest absolute Gasteiger partial charge is 0.320 e. The molecule has 2 aliphatic heterocycles. The Balaban J connectivity index is 1.33. The van der Waals surface area contributed by atoms with Gasteiger partial charge in [-0.15, -0.1) is 0 Å². The van der Waals surface area contributed by atoms with Crippen LogP contribution in [0, 0.1) is 5.92 Å². The number of hydrogen-bond acceptors (Lipinski definition) is 4. The second-order valence-electron chi connectivity index (χ2n) is 7.84. The van der Waals surface area contributed by atoms with Gasteiger partial charge in [0.05, 0.1) is 12.5 Å². The number of carbonyl (C=O) groups excluding carboxylic acids is 2. The molecule has 0 aliphatic carbocycles. The highest BCUT2D eigenvalue weighted by molar-refractivity contribution is 5.81. The number of likely N-dealkylation sites (tertiary alicyclic amines) is 2. The number of carbonyl (C=O) groups is 2.